The Labute approximate surface area is 126 Å². The number of hydrogen-bond acceptors (Lipinski definition) is 0. The van der Waals surface area contributed by atoms with Crippen molar-refractivity contribution in [1.29, 1.82) is 0 Å². The topological polar surface area (TPSA) is 4.93 Å². The van der Waals surface area contributed by atoms with Gasteiger partial charge in [-0.25, -0.2) is 0 Å². The Morgan fingerprint density at radius 1 is 0.952 bits per heavy atom. The second kappa shape index (κ2) is 5.07. The van der Waals surface area contributed by atoms with Gasteiger partial charge in [-0.2, -0.15) is 0 Å². The van der Waals surface area contributed by atoms with Crippen LogP contribution in [0.25, 0.3) is 27.9 Å². The summed E-state index contributed by atoms with van der Waals surface area (Å²) >= 11 is 0. The second-order valence-corrected chi connectivity index (χ2v) is 6.74. The number of aromatic nitrogens is 1. The van der Waals surface area contributed by atoms with E-state index in [-0.39, 0.29) is 5.41 Å². The van der Waals surface area contributed by atoms with Crippen LogP contribution < -0.4 is 0 Å². The summed E-state index contributed by atoms with van der Waals surface area (Å²) in [6.45, 7) is 9.89. The van der Waals surface area contributed by atoms with E-state index >= 15 is 0 Å². The number of aryl methyl sites for hydroxylation is 1. The summed E-state index contributed by atoms with van der Waals surface area (Å²) in [5, 5.41) is 2.70. The molecule has 0 N–H and O–H groups in total. The molecule has 0 aliphatic rings. The first-order valence-corrected chi connectivity index (χ1v) is 7.70. The van der Waals surface area contributed by atoms with Gasteiger partial charge in [-0.05, 0) is 36.1 Å². The van der Waals surface area contributed by atoms with Crippen molar-refractivity contribution < 1.29 is 0 Å². The largest absolute Gasteiger partial charge is 0.341 e. The number of para-hydroxylation sites is 1. The molecule has 0 saturated heterocycles. The summed E-state index contributed by atoms with van der Waals surface area (Å²) in [7, 11) is 0. The molecule has 1 nitrogen and oxygen atoms in total. The predicted molar refractivity (Wildman–Crippen MR) is 93.6 cm³/mol. The van der Waals surface area contributed by atoms with E-state index in [2.05, 4.69) is 86.9 Å². The van der Waals surface area contributed by atoms with Crippen LogP contribution in [0.3, 0.4) is 0 Å². The van der Waals surface area contributed by atoms with Crippen LogP contribution in [0.1, 0.15) is 33.3 Å². The smallest absolute Gasteiger partial charge is 0.0491 e. The number of hydrogen-bond donors (Lipinski definition) is 0. The van der Waals surface area contributed by atoms with Crippen LogP contribution >= 0.6 is 0 Å². The van der Waals surface area contributed by atoms with Gasteiger partial charge in [0.05, 0.1) is 0 Å². The summed E-state index contributed by atoms with van der Waals surface area (Å²) in [5.74, 6) is 0. The van der Waals surface area contributed by atoms with Crippen molar-refractivity contribution in [2.24, 2.45) is 5.41 Å². The lowest BCUT2D eigenvalue weighted by Gasteiger charge is -2.11. The van der Waals surface area contributed by atoms with E-state index in [4.69, 9.17) is 0 Å². The minimum absolute atomic E-state index is 0.215. The Balaban J connectivity index is 2.22. The molecule has 1 heterocycles. The van der Waals surface area contributed by atoms with Crippen molar-refractivity contribution in [2.75, 3.05) is 0 Å². The lowest BCUT2D eigenvalue weighted by molar-refractivity contribution is 0.547. The lowest BCUT2D eigenvalue weighted by Crippen LogP contribution is -1.97. The van der Waals surface area contributed by atoms with Gasteiger partial charge in [-0.15, -0.1) is 0 Å². The molecule has 0 atom stereocenters. The Hall–Kier alpha value is -2.02. The molecule has 0 fully saturated rings. The zero-order chi connectivity index (χ0) is 15.0. The maximum Gasteiger partial charge on any atom is 0.0491 e. The molecule has 3 aromatic rings. The molecule has 0 spiro atoms. The Bertz CT molecular complexity index is 813. The van der Waals surface area contributed by atoms with Crippen molar-refractivity contribution in [3.05, 3.63) is 54.1 Å². The Kier molecular flexibility index (Phi) is 3.36. The molecule has 0 aliphatic heterocycles. The van der Waals surface area contributed by atoms with Crippen molar-refractivity contribution >= 4 is 27.9 Å². The fourth-order valence-corrected chi connectivity index (χ4v) is 2.86. The molecule has 0 unspecified atom stereocenters. The second-order valence-electron chi connectivity index (χ2n) is 6.74. The Morgan fingerprint density at radius 3 is 2.38 bits per heavy atom. The van der Waals surface area contributed by atoms with Crippen molar-refractivity contribution in [3.63, 3.8) is 0 Å². The standard InChI is InChI=1S/C20H23N/c1-5-21-18-9-7-6-8-16(18)17-14-15(10-11-19(17)21)12-13-20(2,3)4/h6-14H,5H2,1-4H3/b13-12+. The van der Waals surface area contributed by atoms with Gasteiger partial charge in [0.15, 0.2) is 0 Å². The monoisotopic (exact) mass is 277 g/mol. The van der Waals surface area contributed by atoms with Gasteiger partial charge in [-0.3, -0.25) is 0 Å². The highest BCUT2D eigenvalue weighted by Gasteiger charge is 2.09. The molecular formula is C20H23N. The van der Waals surface area contributed by atoms with E-state index in [0.29, 0.717) is 0 Å². The minimum Gasteiger partial charge on any atom is -0.341 e. The minimum atomic E-state index is 0.215. The van der Waals surface area contributed by atoms with Gasteiger partial charge < -0.3 is 4.57 Å². The quantitative estimate of drug-likeness (QED) is 0.551. The van der Waals surface area contributed by atoms with E-state index in [9.17, 15) is 0 Å². The normalized spacial score (nSPS) is 12.8. The zero-order valence-corrected chi connectivity index (χ0v) is 13.4. The van der Waals surface area contributed by atoms with Crippen molar-refractivity contribution in [1.82, 2.24) is 4.57 Å². The van der Waals surface area contributed by atoms with Gasteiger partial charge in [0, 0.05) is 28.4 Å². The first-order valence-electron chi connectivity index (χ1n) is 7.70. The zero-order valence-electron chi connectivity index (χ0n) is 13.4. The molecule has 0 bridgehead atoms. The number of allylic oxidation sites excluding steroid dienone is 1. The molecule has 0 radical (unpaired) electrons. The highest BCUT2D eigenvalue weighted by molar-refractivity contribution is 6.08. The van der Waals surface area contributed by atoms with Gasteiger partial charge in [0.25, 0.3) is 0 Å². The van der Waals surface area contributed by atoms with Crippen LogP contribution in [0.2, 0.25) is 0 Å². The SMILES string of the molecule is CCn1c2ccccc2c2cc(/C=C/C(C)(C)C)ccc21. The van der Waals surface area contributed by atoms with E-state index < -0.39 is 0 Å². The maximum atomic E-state index is 2.39. The average molecular weight is 277 g/mol. The summed E-state index contributed by atoms with van der Waals surface area (Å²) < 4.78 is 2.39. The van der Waals surface area contributed by atoms with Crippen LogP contribution in [0, 0.1) is 5.41 Å². The van der Waals surface area contributed by atoms with E-state index in [1.54, 1.807) is 0 Å². The van der Waals surface area contributed by atoms with E-state index in [0.717, 1.165) is 6.54 Å². The average Bonchev–Trinajstić information content (AvgIpc) is 2.77. The number of nitrogens with zero attached hydrogens (tertiary/aromatic N) is 1. The fraction of sp³-hybridized carbons (Fsp3) is 0.300. The summed E-state index contributed by atoms with van der Waals surface area (Å²) in [5.41, 5.74) is 4.14. The van der Waals surface area contributed by atoms with Crippen LogP contribution in [0.5, 0.6) is 0 Å². The third-order valence-electron chi connectivity index (χ3n) is 3.89. The van der Waals surface area contributed by atoms with Crippen molar-refractivity contribution in [2.45, 2.75) is 34.2 Å². The molecule has 108 valence electrons. The molecule has 0 amide bonds. The third kappa shape index (κ3) is 2.61. The first-order chi connectivity index (χ1) is 9.99. The van der Waals surface area contributed by atoms with Crippen molar-refractivity contribution in [3.8, 4) is 0 Å². The van der Waals surface area contributed by atoms with E-state index in [1.165, 1.54) is 27.4 Å². The van der Waals surface area contributed by atoms with Gasteiger partial charge in [-0.1, -0.05) is 57.2 Å². The highest BCUT2D eigenvalue weighted by atomic mass is 15.0. The number of rotatable bonds is 2. The van der Waals surface area contributed by atoms with E-state index in [1.807, 2.05) is 0 Å². The predicted octanol–water partition coefficient (Wildman–Crippen LogP) is 5.87. The molecular weight excluding hydrogens is 254 g/mol. The lowest BCUT2D eigenvalue weighted by atomic mass is 9.95. The molecule has 21 heavy (non-hydrogen) atoms. The van der Waals surface area contributed by atoms with Gasteiger partial charge >= 0.3 is 0 Å². The van der Waals surface area contributed by atoms with Gasteiger partial charge in [0.2, 0.25) is 0 Å². The highest BCUT2D eigenvalue weighted by Crippen LogP contribution is 2.30. The summed E-state index contributed by atoms with van der Waals surface area (Å²) in [6.07, 6.45) is 4.50. The van der Waals surface area contributed by atoms with Gasteiger partial charge in [0.1, 0.15) is 0 Å². The first kappa shape index (κ1) is 13.9. The molecule has 3 rings (SSSR count). The summed E-state index contributed by atoms with van der Waals surface area (Å²) in [4.78, 5) is 0. The van der Waals surface area contributed by atoms with Crippen LogP contribution in [-0.2, 0) is 6.54 Å². The summed E-state index contributed by atoms with van der Waals surface area (Å²) in [6, 6.07) is 15.5. The molecule has 0 saturated carbocycles. The molecule has 0 aliphatic carbocycles. The van der Waals surface area contributed by atoms with Crippen LogP contribution in [0.15, 0.2) is 48.5 Å². The van der Waals surface area contributed by atoms with Crippen LogP contribution in [0.4, 0.5) is 0 Å². The molecule has 1 heteroatoms. The molecule has 2 aromatic carbocycles. The Morgan fingerprint density at radius 2 is 1.67 bits per heavy atom. The molecule has 1 aromatic heterocycles. The third-order valence-corrected chi connectivity index (χ3v) is 3.89. The fourth-order valence-electron chi connectivity index (χ4n) is 2.86. The number of fused-ring (bicyclic) bond motifs is 3. The number of benzene rings is 2. The van der Waals surface area contributed by atoms with Crippen LogP contribution in [-0.4, -0.2) is 4.57 Å². The maximum absolute atomic E-state index is 2.39.